The Bertz CT molecular complexity index is 127. The highest BCUT2D eigenvalue weighted by Gasteiger charge is 2.16. The predicted molar refractivity (Wildman–Crippen MR) is 59.0 cm³/mol. The zero-order valence-electron chi connectivity index (χ0n) is 9.60. The molecule has 0 spiro atoms. The van der Waals surface area contributed by atoms with Gasteiger partial charge in [0.2, 0.25) is 0 Å². The van der Waals surface area contributed by atoms with Crippen LogP contribution in [-0.2, 0) is 0 Å². The quantitative estimate of drug-likeness (QED) is 0.603. The van der Waals surface area contributed by atoms with Crippen molar-refractivity contribution in [3.8, 4) is 0 Å². The van der Waals surface area contributed by atoms with Crippen molar-refractivity contribution in [2.45, 2.75) is 52.9 Å². The summed E-state index contributed by atoms with van der Waals surface area (Å²) in [6.45, 7) is 10.9. The largest absolute Gasteiger partial charge is 0.303 e. The molecule has 0 saturated carbocycles. The fraction of sp³-hybridized carbons (Fsp3) is 1.00. The summed E-state index contributed by atoms with van der Waals surface area (Å²) in [6, 6.07) is 0. The SMILES string of the molecule is CC(C)(C)CN1CCCCCCC1. The van der Waals surface area contributed by atoms with Crippen LogP contribution in [0.3, 0.4) is 0 Å². The molecule has 1 nitrogen and oxygen atoms in total. The number of likely N-dealkylation sites (tertiary alicyclic amines) is 1. The monoisotopic (exact) mass is 183 g/mol. The Morgan fingerprint density at radius 1 is 0.846 bits per heavy atom. The van der Waals surface area contributed by atoms with Crippen LogP contribution in [0.15, 0.2) is 0 Å². The molecule has 0 aliphatic carbocycles. The molecule has 0 aromatic heterocycles. The van der Waals surface area contributed by atoms with E-state index in [1.807, 2.05) is 0 Å². The summed E-state index contributed by atoms with van der Waals surface area (Å²) in [4.78, 5) is 2.65. The second kappa shape index (κ2) is 4.99. The average molecular weight is 183 g/mol. The molecule has 13 heavy (non-hydrogen) atoms. The van der Waals surface area contributed by atoms with Gasteiger partial charge in [-0.1, -0.05) is 40.0 Å². The van der Waals surface area contributed by atoms with Crippen LogP contribution in [0.2, 0.25) is 0 Å². The maximum absolute atomic E-state index is 2.65. The molecule has 1 aliphatic heterocycles. The van der Waals surface area contributed by atoms with Crippen LogP contribution in [0, 0.1) is 5.41 Å². The summed E-state index contributed by atoms with van der Waals surface area (Å²) in [5, 5.41) is 0. The minimum absolute atomic E-state index is 0.471. The van der Waals surface area contributed by atoms with Gasteiger partial charge in [0.15, 0.2) is 0 Å². The first kappa shape index (κ1) is 11.0. The van der Waals surface area contributed by atoms with E-state index in [1.54, 1.807) is 0 Å². The van der Waals surface area contributed by atoms with E-state index in [9.17, 15) is 0 Å². The van der Waals surface area contributed by atoms with Crippen LogP contribution in [0.25, 0.3) is 0 Å². The molecule has 1 rings (SSSR count). The van der Waals surface area contributed by atoms with Crippen molar-refractivity contribution in [1.29, 1.82) is 0 Å². The van der Waals surface area contributed by atoms with Gasteiger partial charge in [-0.25, -0.2) is 0 Å². The van der Waals surface area contributed by atoms with E-state index in [0.29, 0.717) is 5.41 Å². The molecule has 1 aliphatic rings. The first-order valence-electron chi connectivity index (χ1n) is 5.80. The summed E-state index contributed by atoms with van der Waals surface area (Å²) >= 11 is 0. The Balaban J connectivity index is 2.29. The van der Waals surface area contributed by atoms with Gasteiger partial charge in [-0.2, -0.15) is 0 Å². The zero-order valence-corrected chi connectivity index (χ0v) is 9.60. The molecule has 0 bridgehead atoms. The van der Waals surface area contributed by atoms with Gasteiger partial charge in [0.1, 0.15) is 0 Å². The fourth-order valence-electron chi connectivity index (χ4n) is 2.14. The third-order valence-electron chi connectivity index (χ3n) is 2.65. The Kier molecular flexibility index (Phi) is 4.24. The van der Waals surface area contributed by atoms with Crippen molar-refractivity contribution in [2.75, 3.05) is 19.6 Å². The first-order chi connectivity index (χ1) is 6.08. The van der Waals surface area contributed by atoms with Crippen molar-refractivity contribution in [2.24, 2.45) is 5.41 Å². The summed E-state index contributed by atoms with van der Waals surface area (Å²) in [6.07, 6.45) is 7.18. The molecule has 78 valence electrons. The van der Waals surface area contributed by atoms with Crippen molar-refractivity contribution >= 4 is 0 Å². The summed E-state index contributed by atoms with van der Waals surface area (Å²) in [5.74, 6) is 0. The van der Waals surface area contributed by atoms with E-state index >= 15 is 0 Å². The molecule has 0 amide bonds. The highest BCUT2D eigenvalue weighted by atomic mass is 15.1. The molecule has 1 saturated heterocycles. The van der Waals surface area contributed by atoms with Gasteiger partial charge in [0.25, 0.3) is 0 Å². The molecule has 1 heterocycles. The van der Waals surface area contributed by atoms with E-state index in [2.05, 4.69) is 25.7 Å². The van der Waals surface area contributed by atoms with Gasteiger partial charge in [0, 0.05) is 6.54 Å². The lowest BCUT2D eigenvalue weighted by atomic mass is 9.95. The Hall–Kier alpha value is -0.0400. The predicted octanol–water partition coefficient (Wildman–Crippen LogP) is 3.30. The lowest BCUT2D eigenvalue weighted by molar-refractivity contribution is 0.177. The molecule has 0 atom stereocenters. The number of hydrogen-bond donors (Lipinski definition) is 0. The van der Waals surface area contributed by atoms with Crippen LogP contribution >= 0.6 is 0 Å². The van der Waals surface area contributed by atoms with E-state index < -0.39 is 0 Å². The number of nitrogens with zero attached hydrogens (tertiary/aromatic N) is 1. The molecule has 0 aromatic carbocycles. The van der Waals surface area contributed by atoms with Gasteiger partial charge in [-0.15, -0.1) is 0 Å². The van der Waals surface area contributed by atoms with E-state index in [0.717, 1.165) is 0 Å². The lowest BCUT2D eigenvalue weighted by Gasteiger charge is -2.31. The van der Waals surface area contributed by atoms with Gasteiger partial charge in [-0.3, -0.25) is 0 Å². The minimum Gasteiger partial charge on any atom is -0.303 e. The lowest BCUT2D eigenvalue weighted by Crippen LogP contribution is -2.34. The molecule has 0 N–H and O–H groups in total. The van der Waals surface area contributed by atoms with Crippen molar-refractivity contribution < 1.29 is 0 Å². The Labute approximate surface area is 83.5 Å². The average Bonchev–Trinajstić information content (AvgIpc) is 1.92. The highest BCUT2D eigenvalue weighted by Crippen LogP contribution is 2.18. The molecular formula is C12H25N. The molecule has 1 heteroatoms. The Morgan fingerprint density at radius 3 is 1.77 bits per heavy atom. The molecule has 1 fully saturated rings. The molecular weight excluding hydrogens is 158 g/mol. The number of rotatable bonds is 1. The van der Waals surface area contributed by atoms with Crippen LogP contribution in [0.4, 0.5) is 0 Å². The van der Waals surface area contributed by atoms with Gasteiger partial charge in [-0.05, 0) is 31.3 Å². The van der Waals surface area contributed by atoms with Gasteiger partial charge in [0.05, 0.1) is 0 Å². The van der Waals surface area contributed by atoms with Gasteiger partial charge >= 0.3 is 0 Å². The van der Waals surface area contributed by atoms with Crippen LogP contribution in [-0.4, -0.2) is 24.5 Å². The third-order valence-corrected chi connectivity index (χ3v) is 2.65. The maximum Gasteiger partial charge on any atom is 0.00300 e. The van der Waals surface area contributed by atoms with E-state index in [4.69, 9.17) is 0 Å². The number of hydrogen-bond acceptors (Lipinski definition) is 1. The van der Waals surface area contributed by atoms with Gasteiger partial charge < -0.3 is 4.90 Å². The van der Waals surface area contributed by atoms with Crippen LogP contribution < -0.4 is 0 Å². The highest BCUT2D eigenvalue weighted by molar-refractivity contribution is 4.70. The third kappa shape index (κ3) is 5.30. The summed E-state index contributed by atoms with van der Waals surface area (Å²) in [5.41, 5.74) is 0.471. The first-order valence-corrected chi connectivity index (χ1v) is 5.80. The molecule has 0 radical (unpaired) electrons. The van der Waals surface area contributed by atoms with Crippen molar-refractivity contribution in [3.63, 3.8) is 0 Å². The second-order valence-electron chi connectivity index (χ2n) is 5.60. The fourth-order valence-corrected chi connectivity index (χ4v) is 2.14. The van der Waals surface area contributed by atoms with E-state index in [1.165, 1.54) is 51.7 Å². The zero-order chi connectivity index (χ0) is 9.73. The van der Waals surface area contributed by atoms with Crippen molar-refractivity contribution in [3.05, 3.63) is 0 Å². The second-order valence-corrected chi connectivity index (χ2v) is 5.60. The molecule has 0 unspecified atom stereocenters. The molecule has 0 aromatic rings. The van der Waals surface area contributed by atoms with Crippen molar-refractivity contribution in [1.82, 2.24) is 4.90 Å². The standard InChI is InChI=1S/C12H25N/c1-12(2,3)11-13-9-7-5-4-6-8-10-13/h4-11H2,1-3H3. The van der Waals surface area contributed by atoms with Crippen LogP contribution in [0.1, 0.15) is 52.9 Å². The summed E-state index contributed by atoms with van der Waals surface area (Å²) in [7, 11) is 0. The Morgan fingerprint density at radius 2 is 1.31 bits per heavy atom. The van der Waals surface area contributed by atoms with Crippen LogP contribution in [0.5, 0.6) is 0 Å². The topological polar surface area (TPSA) is 3.24 Å². The smallest absolute Gasteiger partial charge is 0.00300 e. The summed E-state index contributed by atoms with van der Waals surface area (Å²) < 4.78 is 0. The van der Waals surface area contributed by atoms with E-state index in [-0.39, 0.29) is 0 Å². The normalized spacial score (nSPS) is 22.4. The maximum atomic E-state index is 2.65. The minimum atomic E-state index is 0.471.